The third-order valence-electron chi connectivity index (χ3n) is 2.81. The smallest absolute Gasteiger partial charge is 0.213 e. The number of rotatable bonds is 8. The SMILES string of the molecule is CCCNc1cc(NCc2ncc(CC)o2)nc(SC)n1. The number of anilines is 2. The number of hydrogen-bond donors (Lipinski definition) is 2. The molecule has 6 nitrogen and oxygen atoms in total. The second kappa shape index (κ2) is 7.87. The van der Waals surface area contributed by atoms with E-state index in [1.807, 2.05) is 19.2 Å². The van der Waals surface area contributed by atoms with Crippen molar-refractivity contribution < 1.29 is 4.42 Å². The fourth-order valence-corrected chi connectivity index (χ4v) is 2.09. The summed E-state index contributed by atoms with van der Waals surface area (Å²) in [5, 5.41) is 7.24. The van der Waals surface area contributed by atoms with Crippen molar-refractivity contribution in [2.75, 3.05) is 23.4 Å². The number of hydrogen-bond acceptors (Lipinski definition) is 7. The van der Waals surface area contributed by atoms with Gasteiger partial charge < -0.3 is 15.1 Å². The molecule has 0 saturated heterocycles. The zero-order chi connectivity index (χ0) is 15.1. The monoisotopic (exact) mass is 307 g/mol. The molecule has 0 aliphatic carbocycles. The average Bonchev–Trinajstić information content (AvgIpc) is 2.98. The molecule has 21 heavy (non-hydrogen) atoms. The quantitative estimate of drug-likeness (QED) is 0.573. The largest absolute Gasteiger partial charge is 0.444 e. The van der Waals surface area contributed by atoms with Crippen LogP contribution in [-0.4, -0.2) is 27.8 Å². The molecule has 0 aliphatic heterocycles. The molecular weight excluding hydrogens is 286 g/mol. The van der Waals surface area contributed by atoms with Crippen LogP contribution in [0.1, 0.15) is 31.9 Å². The van der Waals surface area contributed by atoms with Gasteiger partial charge in [0.15, 0.2) is 5.16 Å². The van der Waals surface area contributed by atoms with Gasteiger partial charge in [0.1, 0.15) is 17.4 Å². The van der Waals surface area contributed by atoms with Crippen LogP contribution in [0.3, 0.4) is 0 Å². The second-order valence-corrected chi connectivity index (χ2v) is 5.25. The van der Waals surface area contributed by atoms with E-state index in [0.29, 0.717) is 12.4 Å². The van der Waals surface area contributed by atoms with Crippen LogP contribution in [0.15, 0.2) is 21.8 Å². The third-order valence-corrected chi connectivity index (χ3v) is 3.36. The summed E-state index contributed by atoms with van der Waals surface area (Å²) in [7, 11) is 0. The van der Waals surface area contributed by atoms with Crippen molar-refractivity contribution in [3.05, 3.63) is 23.9 Å². The Morgan fingerprint density at radius 1 is 1.19 bits per heavy atom. The minimum Gasteiger partial charge on any atom is -0.444 e. The molecule has 0 saturated carbocycles. The molecule has 0 aromatic carbocycles. The molecule has 7 heteroatoms. The molecule has 114 valence electrons. The van der Waals surface area contributed by atoms with Gasteiger partial charge in [-0.05, 0) is 12.7 Å². The first-order valence-electron chi connectivity index (χ1n) is 7.09. The highest BCUT2D eigenvalue weighted by molar-refractivity contribution is 7.98. The maximum Gasteiger partial charge on any atom is 0.213 e. The van der Waals surface area contributed by atoms with Gasteiger partial charge in [-0.25, -0.2) is 15.0 Å². The van der Waals surface area contributed by atoms with Crippen molar-refractivity contribution in [2.24, 2.45) is 0 Å². The lowest BCUT2D eigenvalue weighted by atomic mass is 10.4. The normalized spacial score (nSPS) is 10.6. The van der Waals surface area contributed by atoms with Crippen molar-refractivity contribution in [2.45, 2.75) is 38.4 Å². The van der Waals surface area contributed by atoms with Gasteiger partial charge >= 0.3 is 0 Å². The Balaban J connectivity index is 2.03. The van der Waals surface area contributed by atoms with Crippen LogP contribution in [0.2, 0.25) is 0 Å². The van der Waals surface area contributed by atoms with Crippen LogP contribution in [0.5, 0.6) is 0 Å². The van der Waals surface area contributed by atoms with Gasteiger partial charge in [-0.15, -0.1) is 0 Å². The topological polar surface area (TPSA) is 75.9 Å². The molecule has 0 fully saturated rings. The molecule has 0 bridgehead atoms. The Morgan fingerprint density at radius 3 is 2.57 bits per heavy atom. The number of nitrogens with zero attached hydrogens (tertiary/aromatic N) is 3. The van der Waals surface area contributed by atoms with E-state index in [9.17, 15) is 0 Å². The number of aryl methyl sites for hydroxylation is 1. The van der Waals surface area contributed by atoms with Crippen LogP contribution in [0.25, 0.3) is 0 Å². The lowest BCUT2D eigenvalue weighted by molar-refractivity contribution is 0.465. The van der Waals surface area contributed by atoms with Crippen molar-refractivity contribution in [1.29, 1.82) is 0 Å². The Bertz CT molecular complexity index is 572. The zero-order valence-corrected chi connectivity index (χ0v) is 13.5. The molecule has 0 amide bonds. The van der Waals surface area contributed by atoms with Crippen LogP contribution in [0, 0.1) is 0 Å². The Morgan fingerprint density at radius 2 is 1.95 bits per heavy atom. The summed E-state index contributed by atoms with van der Waals surface area (Å²) in [5.74, 6) is 3.16. The van der Waals surface area contributed by atoms with Crippen molar-refractivity contribution in [3.8, 4) is 0 Å². The fourth-order valence-electron chi connectivity index (χ4n) is 1.71. The standard InChI is InChI=1S/C14H21N5OS/c1-4-6-15-11-7-12(19-14(18-11)21-3)16-9-13-17-8-10(5-2)20-13/h7-8H,4-6,9H2,1-3H3,(H2,15,16,18,19). The summed E-state index contributed by atoms with van der Waals surface area (Å²) in [6.45, 7) is 5.57. The molecule has 2 heterocycles. The van der Waals surface area contributed by atoms with E-state index in [1.54, 1.807) is 6.20 Å². The Hall–Kier alpha value is -1.76. The summed E-state index contributed by atoms with van der Waals surface area (Å²) in [6.07, 6.45) is 5.63. The predicted molar refractivity (Wildman–Crippen MR) is 85.8 cm³/mol. The van der Waals surface area contributed by atoms with E-state index in [-0.39, 0.29) is 0 Å². The lowest BCUT2D eigenvalue weighted by Gasteiger charge is -2.09. The molecule has 0 atom stereocenters. The van der Waals surface area contributed by atoms with E-state index in [1.165, 1.54) is 11.8 Å². The Labute approximate surface area is 129 Å². The Kier molecular flexibility index (Phi) is 5.86. The maximum absolute atomic E-state index is 5.57. The zero-order valence-electron chi connectivity index (χ0n) is 12.6. The molecule has 0 unspecified atom stereocenters. The van der Waals surface area contributed by atoms with Gasteiger partial charge in [0, 0.05) is 19.0 Å². The maximum atomic E-state index is 5.57. The van der Waals surface area contributed by atoms with Crippen LogP contribution < -0.4 is 10.6 Å². The molecule has 0 radical (unpaired) electrons. The highest BCUT2D eigenvalue weighted by Gasteiger charge is 2.06. The van der Waals surface area contributed by atoms with E-state index in [2.05, 4.69) is 32.5 Å². The van der Waals surface area contributed by atoms with Gasteiger partial charge in [-0.3, -0.25) is 0 Å². The van der Waals surface area contributed by atoms with Crippen molar-refractivity contribution >= 4 is 23.4 Å². The summed E-state index contributed by atoms with van der Waals surface area (Å²) in [5.41, 5.74) is 0. The summed E-state index contributed by atoms with van der Waals surface area (Å²) < 4.78 is 5.57. The van der Waals surface area contributed by atoms with E-state index in [0.717, 1.165) is 41.9 Å². The third kappa shape index (κ3) is 4.63. The van der Waals surface area contributed by atoms with Gasteiger partial charge in [-0.1, -0.05) is 25.6 Å². The van der Waals surface area contributed by atoms with Crippen LogP contribution >= 0.6 is 11.8 Å². The number of nitrogens with one attached hydrogen (secondary N) is 2. The van der Waals surface area contributed by atoms with E-state index < -0.39 is 0 Å². The molecule has 0 spiro atoms. The summed E-state index contributed by atoms with van der Waals surface area (Å²) in [4.78, 5) is 13.1. The first-order chi connectivity index (χ1) is 10.2. The molecule has 0 aliphatic rings. The first-order valence-corrected chi connectivity index (χ1v) is 8.32. The van der Waals surface area contributed by atoms with Gasteiger partial charge in [0.2, 0.25) is 5.89 Å². The van der Waals surface area contributed by atoms with E-state index in [4.69, 9.17) is 4.42 Å². The average molecular weight is 307 g/mol. The predicted octanol–water partition coefficient (Wildman–Crippen LogP) is 3.18. The van der Waals surface area contributed by atoms with Crippen molar-refractivity contribution in [3.63, 3.8) is 0 Å². The van der Waals surface area contributed by atoms with Crippen molar-refractivity contribution in [1.82, 2.24) is 15.0 Å². The first kappa shape index (κ1) is 15.6. The molecule has 2 aromatic rings. The fraction of sp³-hybridized carbons (Fsp3) is 0.500. The van der Waals surface area contributed by atoms with E-state index >= 15 is 0 Å². The van der Waals surface area contributed by atoms with Gasteiger partial charge in [-0.2, -0.15) is 0 Å². The molecule has 2 aromatic heterocycles. The van der Waals surface area contributed by atoms with Crippen LogP contribution in [-0.2, 0) is 13.0 Å². The minimum atomic E-state index is 0.512. The van der Waals surface area contributed by atoms with Crippen LogP contribution in [0.4, 0.5) is 11.6 Å². The molecule has 2 rings (SSSR count). The highest BCUT2D eigenvalue weighted by Crippen LogP contribution is 2.18. The van der Waals surface area contributed by atoms with Gasteiger partial charge in [0.05, 0.1) is 12.7 Å². The minimum absolute atomic E-state index is 0.512. The summed E-state index contributed by atoms with van der Waals surface area (Å²) >= 11 is 1.52. The number of oxazole rings is 1. The summed E-state index contributed by atoms with van der Waals surface area (Å²) in [6, 6.07) is 1.90. The number of aromatic nitrogens is 3. The van der Waals surface area contributed by atoms with Gasteiger partial charge in [0.25, 0.3) is 0 Å². The molecular formula is C14H21N5OS. The highest BCUT2D eigenvalue weighted by atomic mass is 32.2. The molecule has 2 N–H and O–H groups in total. The number of thioether (sulfide) groups is 1. The second-order valence-electron chi connectivity index (χ2n) is 4.48. The lowest BCUT2D eigenvalue weighted by Crippen LogP contribution is -2.07.